The smallest absolute Gasteiger partial charge is 0.241 e. The largest absolute Gasteiger partial charge is 0.326 e. The van der Waals surface area contributed by atoms with Crippen molar-refractivity contribution in [1.82, 2.24) is 19.5 Å². The minimum Gasteiger partial charge on any atom is -0.326 e. The van der Waals surface area contributed by atoms with Gasteiger partial charge in [0.2, 0.25) is 10.0 Å². The van der Waals surface area contributed by atoms with Crippen LogP contribution in [0.15, 0.2) is 22.7 Å². The molecule has 2 aromatic rings. The summed E-state index contributed by atoms with van der Waals surface area (Å²) in [6.45, 7) is 0.627. The van der Waals surface area contributed by atoms with Crippen molar-refractivity contribution in [2.45, 2.75) is 17.9 Å². The third-order valence-corrected chi connectivity index (χ3v) is 5.14. The summed E-state index contributed by atoms with van der Waals surface area (Å²) in [6.07, 6.45) is 2.07. The van der Waals surface area contributed by atoms with Gasteiger partial charge in [-0.1, -0.05) is 0 Å². The second-order valence-corrected chi connectivity index (χ2v) is 6.72. The molecule has 0 amide bonds. The first-order valence-corrected chi connectivity index (χ1v) is 7.99. The van der Waals surface area contributed by atoms with Crippen molar-refractivity contribution in [3.8, 4) is 0 Å². The van der Waals surface area contributed by atoms with Gasteiger partial charge in [0.25, 0.3) is 0 Å². The van der Waals surface area contributed by atoms with E-state index in [9.17, 15) is 8.42 Å². The van der Waals surface area contributed by atoms with E-state index in [1.54, 1.807) is 22.3 Å². The minimum atomic E-state index is -3.47. The van der Waals surface area contributed by atoms with Crippen LogP contribution in [0.5, 0.6) is 0 Å². The molecule has 2 heterocycles. The van der Waals surface area contributed by atoms with Gasteiger partial charge >= 0.3 is 0 Å². The van der Waals surface area contributed by atoms with E-state index in [0.29, 0.717) is 13.0 Å². The number of aromatic nitrogens is 3. The van der Waals surface area contributed by atoms with E-state index in [0.717, 1.165) is 10.7 Å². The van der Waals surface area contributed by atoms with Gasteiger partial charge in [0.05, 0.1) is 4.90 Å². The standard InChI is InChI=1S/C10H15N5O2S2/c1-15-7-12-14-10(15)2-3-13-19(16,17)9-4-8(5-11)18-6-9/h4,6-7,13H,2-3,5,11H2,1H3. The SMILES string of the molecule is Cn1cnnc1CCNS(=O)(=O)c1csc(CN)c1. The Morgan fingerprint density at radius 2 is 2.32 bits per heavy atom. The van der Waals surface area contributed by atoms with E-state index in [1.807, 2.05) is 7.05 Å². The third kappa shape index (κ3) is 3.38. The van der Waals surface area contributed by atoms with Crippen molar-refractivity contribution < 1.29 is 8.42 Å². The van der Waals surface area contributed by atoms with Crippen LogP contribution in [0.25, 0.3) is 0 Å². The lowest BCUT2D eigenvalue weighted by Crippen LogP contribution is -2.26. The number of aryl methyl sites for hydroxylation is 1. The molecule has 0 spiro atoms. The highest BCUT2D eigenvalue weighted by Gasteiger charge is 2.15. The zero-order valence-corrected chi connectivity index (χ0v) is 12.0. The Hall–Kier alpha value is -1.29. The fourth-order valence-corrected chi connectivity index (χ4v) is 3.71. The Balaban J connectivity index is 1.96. The molecule has 0 radical (unpaired) electrons. The van der Waals surface area contributed by atoms with Crippen LogP contribution in [0.3, 0.4) is 0 Å². The number of thiophene rings is 1. The first-order valence-electron chi connectivity index (χ1n) is 5.63. The molecule has 7 nitrogen and oxygen atoms in total. The van der Waals surface area contributed by atoms with E-state index in [2.05, 4.69) is 14.9 Å². The average Bonchev–Trinajstić information content (AvgIpc) is 2.99. The van der Waals surface area contributed by atoms with Gasteiger partial charge in [0, 0.05) is 36.8 Å². The lowest BCUT2D eigenvalue weighted by Gasteiger charge is -2.04. The second kappa shape index (κ2) is 5.78. The highest BCUT2D eigenvalue weighted by Crippen LogP contribution is 2.18. The molecule has 9 heteroatoms. The fourth-order valence-electron chi connectivity index (χ4n) is 1.52. The molecular formula is C10H15N5O2S2. The zero-order chi connectivity index (χ0) is 13.9. The summed E-state index contributed by atoms with van der Waals surface area (Å²) in [5, 5.41) is 9.21. The summed E-state index contributed by atoms with van der Waals surface area (Å²) in [7, 11) is -1.65. The quantitative estimate of drug-likeness (QED) is 0.773. The molecule has 2 rings (SSSR count). The van der Waals surface area contributed by atoms with Gasteiger partial charge < -0.3 is 10.3 Å². The maximum Gasteiger partial charge on any atom is 0.241 e. The predicted molar refractivity (Wildman–Crippen MR) is 72.1 cm³/mol. The topological polar surface area (TPSA) is 103 Å². The highest BCUT2D eigenvalue weighted by atomic mass is 32.2. The number of rotatable bonds is 6. The second-order valence-electron chi connectivity index (χ2n) is 3.96. The summed E-state index contributed by atoms with van der Waals surface area (Å²) in [5.74, 6) is 0.732. The minimum absolute atomic E-state index is 0.260. The monoisotopic (exact) mass is 301 g/mol. The highest BCUT2D eigenvalue weighted by molar-refractivity contribution is 7.89. The van der Waals surface area contributed by atoms with Gasteiger partial charge in [0.15, 0.2) is 0 Å². The molecule has 104 valence electrons. The first-order chi connectivity index (χ1) is 9.03. The van der Waals surface area contributed by atoms with Crippen LogP contribution in [-0.4, -0.2) is 29.7 Å². The molecule has 2 aromatic heterocycles. The Kier molecular flexibility index (Phi) is 4.30. The Morgan fingerprint density at radius 1 is 1.53 bits per heavy atom. The molecule has 0 unspecified atom stereocenters. The number of nitrogens with one attached hydrogen (secondary N) is 1. The van der Waals surface area contributed by atoms with Crippen molar-refractivity contribution in [1.29, 1.82) is 0 Å². The van der Waals surface area contributed by atoms with E-state index in [1.165, 1.54) is 11.3 Å². The van der Waals surface area contributed by atoms with Crippen molar-refractivity contribution in [3.05, 3.63) is 28.5 Å². The van der Waals surface area contributed by atoms with Crippen LogP contribution in [0.4, 0.5) is 0 Å². The molecule has 0 saturated heterocycles. The van der Waals surface area contributed by atoms with Gasteiger partial charge in [-0.05, 0) is 6.07 Å². The molecule has 3 N–H and O–H groups in total. The summed E-state index contributed by atoms with van der Waals surface area (Å²) in [5.41, 5.74) is 5.46. The molecule has 0 aromatic carbocycles. The van der Waals surface area contributed by atoms with Crippen LogP contribution in [0.2, 0.25) is 0 Å². The van der Waals surface area contributed by atoms with Crippen molar-refractivity contribution >= 4 is 21.4 Å². The van der Waals surface area contributed by atoms with Crippen molar-refractivity contribution in [2.75, 3.05) is 6.54 Å². The molecule has 0 saturated carbocycles. The van der Waals surface area contributed by atoms with Crippen LogP contribution >= 0.6 is 11.3 Å². The average molecular weight is 301 g/mol. The predicted octanol–water partition coefficient (Wildman–Crippen LogP) is -0.144. The molecule has 19 heavy (non-hydrogen) atoms. The fraction of sp³-hybridized carbons (Fsp3) is 0.400. The Labute approximate surface area is 115 Å². The maximum absolute atomic E-state index is 12.0. The van der Waals surface area contributed by atoms with E-state index in [-0.39, 0.29) is 11.4 Å². The normalized spacial score (nSPS) is 11.9. The summed E-state index contributed by atoms with van der Waals surface area (Å²) in [6, 6.07) is 1.59. The molecule has 0 bridgehead atoms. The van der Waals surface area contributed by atoms with Crippen LogP contribution < -0.4 is 10.5 Å². The van der Waals surface area contributed by atoms with Crippen LogP contribution in [0.1, 0.15) is 10.7 Å². The van der Waals surface area contributed by atoms with E-state index >= 15 is 0 Å². The van der Waals surface area contributed by atoms with E-state index < -0.39 is 10.0 Å². The zero-order valence-electron chi connectivity index (χ0n) is 10.4. The molecular weight excluding hydrogens is 286 g/mol. The Morgan fingerprint density at radius 3 is 2.89 bits per heavy atom. The number of nitrogens with zero attached hydrogens (tertiary/aromatic N) is 3. The first kappa shape index (κ1) is 14.1. The molecule has 0 aliphatic rings. The van der Waals surface area contributed by atoms with Crippen molar-refractivity contribution in [2.24, 2.45) is 12.8 Å². The molecule has 0 fully saturated rings. The van der Waals surface area contributed by atoms with Crippen LogP contribution in [-0.2, 0) is 30.0 Å². The lowest BCUT2D eigenvalue weighted by molar-refractivity contribution is 0.580. The summed E-state index contributed by atoms with van der Waals surface area (Å²) in [4.78, 5) is 1.10. The number of sulfonamides is 1. The van der Waals surface area contributed by atoms with Gasteiger partial charge in [-0.3, -0.25) is 0 Å². The van der Waals surface area contributed by atoms with Crippen molar-refractivity contribution in [3.63, 3.8) is 0 Å². The number of hydrogen-bond donors (Lipinski definition) is 2. The number of hydrogen-bond acceptors (Lipinski definition) is 6. The Bertz CT molecular complexity index is 646. The van der Waals surface area contributed by atoms with Gasteiger partial charge in [0.1, 0.15) is 12.2 Å². The molecule has 0 atom stereocenters. The maximum atomic E-state index is 12.0. The summed E-state index contributed by atoms with van der Waals surface area (Å²) >= 11 is 1.34. The van der Waals surface area contributed by atoms with E-state index in [4.69, 9.17) is 5.73 Å². The molecule has 0 aliphatic carbocycles. The lowest BCUT2D eigenvalue weighted by atomic mass is 10.4. The third-order valence-electron chi connectivity index (χ3n) is 2.59. The number of nitrogens with two attached hydrogens (primary N) is 1. The van der Waals surface area contributed by atoms with Crippen LogP contribution in [0, 0.1) is 0 Å². The van der Waals surface area contributed by atoms with Gasteiger partial charge in [-0.2, -0.15) is 0 Å². The summed E-state index contributed by atoms with van der Waals surface area (Å²) < 4.78 is 28.3. The molecule has 0 aliphatic heterocycles. The van der Waals surface area contributed by atoms with Gasteiger partial charge in [-0.15, -0.1) is 21.5 Å². The van der Waals surface area contributed by atoms with Gasteiger partial charge in [-0.25, -0.2) is 13.1 Å².